The Kier molecular flexibility index (Phi) is 4.76. The average molecular weight is 280 g/mol. The normalized spacial score (nSPS) is 12.1. The third-order valence-corrected chi connectivity index (χ3v) is 2.58. The molecule has 14 heavy (non-hydrogen) atoms. The van der Waals surface area contributed by atoms with E-state index in [1.54, 1.807) is 12.1 Å². The van der Waals surface area contributed by atoms with Gasteiger partial charge in [0.2, 0.25) is 0 Å². The second-order valence-corrected chi connectivity index (χ2v) is 3.73. The number of hydrogen-bond donors (Lipinski definition) is 1. The largest absolute Gasteiger partial charge is 0.302 e. The van der Waals surface area contributed by atoms with Crippen molar-refractivity contribution < 1.29 is 8.76 Å². The first-order valence-corrected chi connectivity index (χ1v) is 4.98. The van der Waals surface area contributed by atoms with Gasteiger partial charge >= 0.3 is 0 Å². The van der Waals surface area contributed by atoms with Crippen molar-refractivity contribution in [2.75, 3.05) is 0 Å². The summed E-state index contributed by atoms with van der Waals surface area (Å²) in [4.78, 5) is 0.443. The van der Waals surface area contributed by atoms with E-state index in [0.717, 1.165) is 10.8 Å². The summed E-state index contributed by atoms with van der Waals surface area (Å²) in [5, 5.41) is 2.07. The zero-order chi connectivity index (χ0) is 9.26. The molecule has 2 aromatic rings. The van der Waals surface area contributed by atoms with Gasteiger partial charge in [-0.1, -0.05) is 30.3 Å². The maximum absolute atomic E-state index is 10.8. The van der Waals surface area contributed by atoms with Gasteiger partial charge in [-0.2, -0.15) is 0 Å². The molecular formula is C10H8O2SSr. The van der Waals surface area contributed by atoms with Crippen LogP contribution in [0.4, 0.5) is 0 Å². The van der Waals surface area contributed by atoms with Crippen molar-refractivity contribution in [3.8, 4) is 0 Å². The Labute approximate surface area is 122 Å². The summed E-state index contributed by atoms with van der Waals surface area (Å²) in [6, 6.07) is 13.0. The second-order valence-electron chi connectivity index (χ2n) is 2.76. The maximum Gasteiger partial charge on any atom is 0.186 e. The Balaban J connectivity index is 0.000000980. The molecule has 0 aliphatic carbocycles. The van der Waals surface area contributed by atoms with Crippen LogP contribution < -0.4 is 0 Å². The molecule has 4 heteroatoms. The quantitative estimate of drug-likeness (QED) is 0.641. The molecule has 1 N–H and O–H groups in total. The number of benzene rings is 2. The molecule has 0 fully saturated rings. The topological polar surface area (TPSA) is 37.3 Å². The van der Waals surface area contributed by atoms with Gasteiger partial charge in [-0.3, -0.25) is 0 Å². The Hall–Kier alpha value is 0.291. The van der Waals surface area contributed by atoms with Crippen LogP contribution in [0.25, 0.3) is 10.8 Å². The van der Waals surface area contributed by atoms with E-state index >= 15 is 0 Å². The van der Waals surface area contributed by atoms with E-state index in [1.165, 1.54) is 0 Å². The predicted molar refractivity (Wildman–Crippen MR) is 58.7 cm³/mol. The summed E-state index contributed by atoms with van der Waals surface area (Å²) >= 11 is -1.88. The summed E-state index contributed by atoms with van der Waals surface area (Å²) in [5.41, 5.74) is 0. The molecule has 1 unspecified atom stereocenters. The van der Waals surface area contributed by atoms with Gasteiger partial charge in [0.05, 0.1) is 4.90 Å². The molecule has 0 bridgehead atoms. The summed E-state index contributed by atoms with van der Waals surface area (Å²) in [7, 11) is 0. The van der Waals surface area contributed by atoms with Crippen LogP contribution in [0.15, 0.2) is 47.4 Å². The first-order valence-electron chi connectivity index (χ1n) is 3.87. The fourth-order valence-corrected chi connectivity index (χ4v) is 1.69. The van der Waals surface area contributed by atoms with E-state index in [0.29, 0.717) is 4.90 Å². The van der Waals surface area contributed by atoms with Crippen molar-refractivity contribution in [3.63, 3.8) is 0 Å². The molecule has 2 nitrogen and oxygen atoms in total. The predicted octanol–water partition coefficient (Wildman–Crippen LogP) is 2.04. The summed E-state index contributed by atoms with van der Waals surface area (Å²) in [6.45, 7) is 0. The van der Waals surface area contributed by atoms with E-state index in [-0.39, 0.29) is 45.5 Å². The van der Waals surface area contributed by atoms with E-state index in [2.05, 4.69) is 0 Å². The van der Waals surface area contributed by atoms with Gasteiger partial charge in [0, 0.05) is 45.5 Å². The molecule has 0 saturated carbocycles. The van der Waals surface area contributed by atoms with Crippen LogP contribution in [0.5, 0.6) is 0 Å². The van der Waals surface area contributed by atoms with E-state index in [4.69, 9.17) is 4.55 Å². The molecule has 0 heterocycles. The minimum Gasteiger partial charge on any atom is -0.302 e. The van der Waals surface area contributed by atoms with Gasteiger partial charge in [0.15, 0.2) is 11.1 Å². The molecule has 0 aromatic heterocycles. The molecular weight excluding hydrogens is 272 g/mol. The molecule has 0 spiro atoms. The SMILES string of the molecule is O=S(O)c1ccc2ccccc2c1.[Sr]. The summed E-state index contributed by atoms with van der Waals surface area (Å²) < 4.78 is 19.6. The molecule has 0 aliphatic heterocycles. The molecule has 0 amide bonds. The Morgan fingerprint density at radius 3 is 2.29 bits per heavy atom. The van der Waals surface area contributed by atoms with Gasteiger partial charge in [0.25, 0.3) is 0 Å². The fourth-order valence-electron chi connectivity index (χ4n) is 1.28. The zero-order valence-electron chi connectivity index (χ0n) is 7.51. The Morgan fingerprint density at radius 1 is 1.00 bits per heavy atom. The second kappa shape index (κ2) is 5.40. The molecule has 2 aromatic carbocycles. The van der Waals surface area contributed by atoms with Crippen LogP contribution in [0, 0.1) is 0 Å². The van der Waals surface area contributed by atoms with Crippen LogP contribution in [0.2, 0.25) is 0 Å². The minimum atomic E-state index is -1.88. The first-order chi connectivity index (χ1) is 6.27. The average Bonchev–Trinajstić information content (AvgIpc) is 2.17. The smallest absolute Gasteiger partial charge is 0.186 e. The van der Waals surface area contributed by atoms with Crippen LogP contribution in [-0.4, -0.2) is 54.2 Å². The third-order valence-electron chi connectivity index (χ3n) is 1.92. The Morgan fingerprint density at radius 2 is 1.64 bits per heavy atom. The van der Waals surface area contributed by atoms with Crippen LogP contribution in [-0.2, 0) is 11.1 Å². The fraction of sp³-hybridized carbons (Fsp3) is 0. The monoisotopic (exact) mass is 280 g/mol. The van der Waals surface area contributed by atoms with E-state index in [9.17, 15) is 4.21 Å². The number of rotatable bonds is 1. The number of hydrogen-bond acceptors (Lipinski definition) is 1. The van der Waals surface area contributed by atoms with Crippen LogP contribution in [0.1, 0.15) is 0 Å². The molecule has 0 saturated heterocycles. The summed E-state index contributed by atoms with van der Waals surface area (Å²) in [6.07, 6.45) is 0. The van der Waals surface area contributed by atoms with E-state index in [1.807, 2.05) is 30.3 Å². The molecule has 2 rings (SSSR count). The van der Waals surface area contributed by atoms with Gasteiger partial charge in [0.1, 0.15) is 0 Å². The van der Waals surface area contributed by atoms with Gasteiger partial charge in [-0.05, 0) is 22.9 Å². The number of fused-ring (bicyclic) bond motifs is 1. The van der Waals surface area contributed by atoms with Crippen molar-refractivity contribution in [1.82, 2.24) is 0 Å². The third kappa shape index (κ3) is 2.66. The van der Waals surface area contributed by atoms with Gasteiger partial charge in [-0.25, -0.2) is 4.21 Å². The first kappa shape index (κ1) is 12.4. The van der Waals surface area contributed by atoms with Crippen molar-refractivity contribution in [3.05, 3.63) is 42.5 Å². The van der Waals surface area contributed by atoms with Gasteiger partial charge < -0.3 is 4.55 Å². The zero-order valence-corrected chi connectivity index (χ0v) is 11.8. The van der Waals surface area contributed by atoms with Gasteiger partial charge in [-0.15, -0.1) is 0 Å². The Bertz CT molecular complexity index is 470. The standard InChI is InChI=1S/C10H8O2S.Sr/c11-13(12)10-6-5-8-3-1-2-4-9(8)7-10;/h1-7H,(H,11,12);. The minimum absolute atomic E-state index is 0. The van der Waals surface area contributed by atoms with Crippen molar-refractivity contribution >= 4 is 67.3 Å². The maximum atomic E-state index is 10.8. The molecule has 2 radical (unpaired) electrons. The molecule has 68 valence electrons. The molecule has 1 atom stereocenters. The summed E-state index contributed by atoms with van der Waals surface area (Å²) in [5.74, 6) is 0. The van der Waals surface area contributed by atoms with Crippen molar-refractivity contribution in [2.24, 2.45) is 0 Å². The van der Waals surface area contributed by atoms with Crippen LogP contribution >= 0.6 is 0 Å². The van der Waals surface area contributed by atoms with Crippen molar-refractivity contribution in [1.29, 1.82) is 0 Å². The van der Waals surface area contributed by atoms with Crippen LogP contribution in [0.3, 0.4) is 0 Å². The van der Waals surface area contributed by atoms with Crippen molar-refractivity contribution in [2.45, 2.75) is 4.90 Å². The molecule has 0 aliphatic rings. The van der Waals surface area contributed by atoms with E-state index < -0.39 is 11.1 Å².